The zero-order valence-electron chi connectivity index (χ0n) is 10.4. The number of benzene rings is 2. The molecule has 0 unspecified atom stereocenters. The Morgan fingerprint density at radius 3 is 2.29 bits per heavy atom. The second kappa shape index (κ2) is 6.35. The lowest BCUT2D eigenvalue weighted by Crippen LogP contribution is -2.14. The van der Waals surface area contributed by atoms with Gasteiger partial charge in [-0.05, 0) is 36.4 Å². The summed E-state index contributed by atoms with van der Waals surface area (Å²) in [5.41, 5.74) is 0.301. The molecular formula is C14H8Cl3NO3. The molecule has 7 heteroatoms. The van der Waals surface area contributed by atoms with Gasteiger partial charge < -0.3 is 10.4 Å². The number of carboxylic acids is 1. The lowest BCUT2D eigenvalue weighted by Gasteiger charge is -2.09. The minimum Gasteiger partial charge on any atom is -0.478 e. The van der Waals surface area contributed by atoms with Crippen LogP contribution in [0.4, 0.5) is 5.69 Å². The maximum Gasteiger partial charge on any atom is 0.337 e. The van der Waals surface area contributed by atoms with E-state index in [-0.39, 0.29) is 26.9 Å². The molecule has 0 heterocycles. The van der Waals surface area contributed by atoms with Crippen LogP contribution in [0.3, 0.4) is 0 Å². The van der Waals surface area contributed by atoms with Crippen molar-refractivity contribution in [3.05, 3.63) is 62.6 Å². The molecule has 0 aliphatic heterocycles. The molecule has 0 fully saturated rings. The second-order valence-electron chi connectivity index (χ2n) is 4.08. The van der Waals surface area contributed by atoms with E-state index in [1.807, 2.05) is 0 Å². The maximum atomic E-state index is 12.1. The van der Waals surface area contributed by atoms with Gasteiger partial charge in [-0.1, -0.05) is 34.8 Å². The van der Waals surface area contributed by atoms with Crippen LogP contribution in [-0.4, -0.2) is 17.0 Å². The average molecular weight is 345 g/mol. The number of aromatic carboxylic acids is 1. The van der Waals surface area contributed by atoms with Crippen molar-refractivity contribution in [1.29, 1.82) is 0 Å². The van der Waals surface area contributed by atoms with Crippen molar-refractivity contribution in [3.63, 3.8) is 0 Å². The van der Waals surface area contributed by atoms with Gasteiger partial charge >= 0.3 is 5.97 Å². The lowest BCUT2D eigenvalue weighted by atomic mass is 10.1. The van der Waals surface area contributed by atoms with E-state index in [4.69, 9.17) is 39.9 Å². The highest BCUT2D eigenvalue weighted by atomic mass is 35.5. The normalized spacial score (nSPS) is 10.2. The fourth-order valence-corrected chi connectivity index (χ4v) is 2.10. The average Bonchev–Trinajstić information content (AvgIpc) is 2.43. The molecule has 0 aromatic heterocycles. The summed E-state index contributed by atoms with van der Waals surface area (Å²) in [5.74, 6) is -1.69. The number of hydrogen-bond donors (Lipinski definition) is 2. The summed E-state index contributed by atoms with van der Waals surface area (Å²) in [4.78, 5) is 23.2. The first-order valence-electron chi connectivity index (χ1n) is 5.67. The molecule has 0 bridgehead atoms. The fraction of sp³-hybridized carbons (Fsp3) is 0. The van der Waals surface area contributed by atoms with E-state index >= 15 is 0 Å². The summed E-state index contributed by atoms with van der Waals surface area (Å²) in [6.45, 7) is 0. The monoisotopic (exact) mass is 343 g/mol. The van der Waals surface area contributed by atoms with Crippen LogP contribution < -0.4 is 5.32 Å². The summed E-state index contributed by atoms with van der Waals surface area (Å²) in [7, 11) is 0. The second-order valence-corrected chi connectivity index (χ2v) is 5.33. The van der Waals surface area contributed by atoms with E-state index in [1.165, 1.54) is 36.4 Å². The van der Waals surface area contributed by atoms with Gasteiger partial charge in [0, 0.05) is 10.6 Å². The largest absolute Gasteiger partial charge is 0.478 e. The number of hydrogen-bond acceptors (Lipinski definition) is 2. The van der Waals surface area contributed by atoms with Crippen LogP contribution in [0.5, 0.6) is 0 Å². The van der Waals surface area contributed by atoms with Gasteiger partial charge in [-0.2, -0.15) is 0 Å². The fourth-order valence-electron chi connectivity index (χ4n) is 1.63. The van der Waals surface area contributed by atoms with E-state index in [2.05, 4.69) is 5.32 Å². The van der Waals surface area contributed by atoms with Gasteiger partial charge in [-0.15, -0.1) is 0 Å². The van der Waals surface area contributed by atoms with Crippen LogP contribution in [0.1, 0.15) is 20.7 Å². The van der Waals surface area contributed by atoms with Crippen molar-refractivity contribution in [2.24, 2.45) is 0 Å². The van der Waals surface area contributed by atoms with Crippen molar-refractivity contribution in [1.82, 2.24) is 0 Å². The van der Waals surface area contributed by atoms with Crippen molar-refractivity contribution >= 4 is 52.4 Å². The molecule has 0 radical (unpaired) electrons. The quantitative estimate of drug-likeness (QED) is 0.855. The number of halogens is 3. The molecule has 0 aliphatic rings. The summed E-state index contributed by atoms with van der Waals surface area (Å²) in [6, 6.07) is 8.53. The Kier molecular flexibility index (Phi) is 4.73. The van der Waals surface area contributed by atoms with E-state index in [9.17, 15) is 9.59 Å². The first kappa shape index (κ1) is 15.6. The number of amides is 1. The Balaban J connectivity index is 2.31. The number of carbonyl (C=O) groups is 2. The molecule has 2 rings (SSSR count). The summed E-state index contributed by atoms with van der Waals surface area (Å²) >= 11 is 17.4. The molecule has 1 amide bonds. The molecule has 2 aromatic rings. The standard InChI is InChI=1S/C14H8Cl3NO3/c15-8-2-4-12(9(6-8)14(20)21)18-13(19)7-1-3-10(16)11(17)5-7/h1-6H,(H,18,19)(H,20,21). The minimum atomic E-state index is -1.19. The van der Waals surface area contributed by atoms with Crippen LogP contribution in [0.2, 0.25) is 15.1 Å². The highest BCUT2D eigenvalue weighted by Gasteiger charge is 2.15. The van der Waals surface area contributed by atoms with Gasteiger partial charge in [0.25, 0.3) is 5.91 Å². The first-order chi connectivity index (χ1) is 9.88. The number of anilines is 1. The zero-order valence-corrected chi connectivity index (χ0v) is 12.6. The smallest absolute Gasteiger partial charge is 0.337 e. The van der Waals surface area contributed by atoms with Crippen molar-refractivity contribution in [3.8, 4) is 0 Å². The Morgan fingerprint density at radius 2 is 1.67 bits per heavy atom. The van der Waals surface area contributed by atoms with Crippen molar-refractivity contribution in [2.75, 3.05) is 5.32 Å². The zero-order chi connectivity index (χ0) is 15.6. The Hall–Kier alpha value is -1.75. The van der Waals surface area contributed by atoms with Gasteiger partial charge in [0.2, 0.25) is 0 Å². The number of carbonyl (C=O) groups excluding carboxylic acids is 1. The molecular weight excluding hydrogens is 337 g/mol. The number of carboxylic acid groups (broad SMARTS) is 1. The van der Waals surface area contributed by atoms with Gasteiger partial charge in [-0.25, -0.2) is 4.79 Å². The molecule has 0 spiro atoms. The third-order valence-electron chi connectivity index (χ3n) is 2.64. The van der Waals surface area contributed by atoms with Crippen LogP contribution in [0.15, 0.2) is 36.4 Å². The summed E-state index contributed by atoms with van der Waals surface area (Å²) in [6.07, 6.45) is 0. The summed E-state index contributed by atoms with van der Waals surface area (Å²) in [5, 5.41) is 12.4. The van der Waals surface area contributed by atoms with Crippen molar-refractivity contribution in [2.45, 2.75) is 0 Å². The number of rotatable bonds is 3. The SMILES string of the molecule is O=C(Nc1ccc(Cl)cc1C(=O)O)c1ccc(Cl)c(Cl)c1. The van der Waals surface area contributed by atoms with Crippen LogP contribution in [-0.2, 0) is 0 Å². The molecule has 2 N–H and O–H groups in total. The number of nitrogens with one attached hydrogen (secondary N) is 1. The third kappa shape index (κ3) is 3.67. The minimum absolute atomic E-state index is 0.101. The molecule has 0 saturated heterocycles. The van der Waals surface area contributed by atoms with E-state index in [0.29, 0.717) is 5.02 Å². The Bertz CT molecular complexity index is 731. The molecule has 0 saturated carbocycles. The highest BCUT2D eigenvalue weighted by molar-refractivity contribution is 6.42. The third-order valence-corrected chi connectivity index (χ3v) is 3.62. The molecule has 0 aliphatic carbocycles. The Morgan fingerprint density at radius 1 is 0.952 bits per heavy atom. The van der Waals surface area contributed by atoms with Gasteiger partial charge in [0.15, 0.2) is 0 Å². The maximum absolute atomic E-state index is 12.1. The van der Waals surface area contributed by atoms with Gasteiger partial charge in [0.05, 0.1) is 21.3 Å². The van der Waals surface area contributed by atoms with Crippen LogP contribution in [0, 0.1) is 0 Å². The lowest BCUT2D eigenvalue weighted by molar-refractivity contribution is 0.0698. The topological polar surface area (TPSA) is 66.4 Å². The van der Waals surface area contributed by atoms with E-state index in [0.717, 1.165) is 0 Å². The van der Waals surface area contributed by atoms with Gasteiger partial charge in [0.1, 0.15) is 0 Å². The van der Waals surface area contributed by atoms with Crippen molar-refractivity contribution < 1.29 is 14.7 Å². The highest BCUT2D eigenvalue weighted by Crippen LogP contribution is 2.24. The molecule has 108 valence electrons. The van der Waals surface area contributed by atoms with Crippen LogP contribution >= 0.6 is 34.8 Å². The van der Waals surface area contributed by atoms with E-state index in [1.54, 1.807) is 0 Å². The molecule has 2 aromatic carbocycles. The first-order valence-corrected chi connectivity index (χ1v) is 6.81. The Labute approximate surface area is 135 Å². The predicted molar refractivity (Wildman–Crippen MR) is 82.8 cm³/mol. The molecule has 0 atom stereocenters. The molecule has 21 heavy (non-hydrogen) atoms. The van der Waals surface area contributed by atoms with Gasteiger partial charge in [-0.3, -0.25) is 4.79 Å². The van der Waals surface area contributed by atoms with E-state index < -0.39 is 11.9 Å². The predicted octanol–water partition coefficient (Wildman–Crippen LogP) is 4.60. The van der Waals surface area contributed by atoms with Crippen LogP contribution in [0.25, 0.3) is 0 Å². The summed E-state index contributed by atoms with van der Waals surface area (Å²) < 4.78 is 0. The molecule has 4 nitrogen and oxygen atoms in total.